The summed E-state index contributed by atoms with van der Waals surface area (Å²) in [6.45, 7) is 0. The number of rotatable bonds is 5. The number of carbonyl (C=O) groups excluding carboxylic acids is 1. The van der Waals surface area contributed by atoms with E-state index >= 15 is 0 Å². The number of nitrogens with one attached hydrogen (secondary N) is 1. The van der Waals surface area contributed by atoms with Gasteiger partial charge >= 0.3 is 0 Å². The van der Waals surface area contributed by atoms with E-state index in [0.717, 1.165) is 10.4 Å². The summed E-state index contributed by atoms with van der Waals surface area (Å²) >= 11 is 7.20. The van der Waals surface area contributed by atoms with E-state index in [1.165, 1.54) is 35.6 Å². The molecule has 6 nitrogen and oxygen atoms in total. The van der Waals surface area contributed by atoms with Crippen molar-refractivity contribution in [3.63, 3.8) is 0 Å². The number of fused-ring (bicyclic) bond motifs is 1. The van der Waals surface area contributed by atoms with Gasteiger partial charge in [-0.1, -0.05) is 17.7 Å². The van der Waals surface area contributed by atoms with Crippen LogP contribution in [0, 0.1) is 0 Å². The molecular weight excluding hydrogens is 446 g/mol. The minimum absolute atomic E-state index is 0.0864. The van der Waals surface area contributed by atoms with Gasteiger partial charge in [-0.2, -0.15) is 0 Å². The fourth-order valence-electron chi connectivity index (χ4n) is 3.48. The molecule has 1 amide bonds. The Hall–Kier alpha value is -2.55. The van der Waals surface area contributed by atoms with Gasteiger partial charge in [-0.25, -0.2) is 8.42 Å². The van der Waals surface area contributed by atoms with E-state index in [0.29, 0.717) is 22.2 Å². The summed E-state index contributed by atoms with van der Waals surface area (Å²) in [7, 11) is -0.717. The molecule has 0 saturated heterocycles. The lowest BCUT2D eigenvalue weighted by atomic mass is 9.90. The van der Waals surface area contributed by atoms with E-state index in [1.807, 2.05) is 12.1 Å². The van der Waals surface area contributed by atoms with Crippen molar-refractivity contribution in [1.82, 2.24) is 0 Å². The summed E-state index contributed by atoms with van der Waals surface area (Å²) in [4.78, 5) is 13.5. The van der Waals surface area contributed by atoms with Crippen molar-refractivity contribution in [2.45, 2.75) is 22.1 Å². The summed E-state index contributed by atoms with van der Waals surface area (Å²) in [6, 6.07) is 11.4. The average molecular weight is 464 g/mol. The Bertz CT molecular complexity index is 1220. The zero-order valence-corrected chi connectivity index (χ0v) is 18.5. The molecule has 4 rings (SSSR count). The highest BCUT2D eigenvalue weighted by molar-refractivity contribution is 7.91. The molecule has 0 spiro atoms. The maximum absolute atomic E-state index is 13.2. The molecule has 1 N–H and O–H groups in total. The number of anilines is 1. The molecule has 1 atom stereocenters. The van der Waals surface area contributed by atoms with E-state index in [4.69, 9.17) is 21.1 Å². The van der Waals surface area contributed by atoms with Gasteiger partial charge in [-0.15, -0.1) is 11.3 Å². The summed E-state index contributed by atoms with van der Waals surface area (Å²) in [6.07, 6.45) is 0.212. The second-order valence-corrected chi connectivity index (χ2v) is 9.98. The fourth-order valence-corrected chi connectivity index (χ4v) is 6.52. The number of methoxy groups -OCH3 is 2. The number of thiophene rings is 1. The van der Waals surface area contributed by atoms with Crippen LogP contribution in [0.4, 0.5) is 5.69 Å². The topological polar surface area (TPSA) is 81.7 Å². The predicted molar refractivity (Wildman–Crippen MR) is 116 cm³/mol. The highest BCUT2D eigenvalue weighted by Gasteiger charge is 2.34. The van der Waals surface area contributed by atoms with E-state index < -0.39 is 9.84 Å². The Balaban J connectivity index is 1.80. The predicted octanol–water partition coefficient (Wildman–Crippen LogP) is 4.73. The van der Waals surface area contributed by atoms with Crippen molar-refractivity contribution in [3.8, 4) is 11.5 Å². The Labute approximate surface area is 183 Å². The van der Waals surface area contributed by atoms with E-state index in [1.54, 1.807) is 25.7 Å². The summed E-state index contributed by atoms with van der Waals surface area (Å²) in [5.41, 5.74) is 1.19. The zero-order valence-electron chi connectivity index (χ0n) is 16.1. The normalized spacial score (nSPS) is 16.0. The van der Waals surface area contributed by atoms with Crippen LogP contribution >= 0.6 is 22.9 Å². The van der Waals surface area contributed by atoms with Crippen molar-refractivity contribution in [1.29, 1.82) is 0 Å². The standard InChI is InChI=1S/C21H18ClNO5S2/c1-27-16-8-3-12(9-17(16)28-2)15-10-19(24)23-20-18(11-29-21(15)20)30(25,26)14-6-4-13(22)5-7-14/h3-9,11,15H,10H2,1-2H3,(H,23,24). The van der Waals surface area contributed by atoms with Gasteiger partial charge in [0, 0.05) is 27.6 Å². The maximum Gasteiger partial charge on any atom is 0.225 e. The number of halogens is 1. The monoisotopic (exact) mass is 463 g/mol. The van der Waals surface area contributed by atoms with Crippen LogP contribution in [0.15, 0.2) is 57.6 Å². The van der Waals surface area contributed by atoms with E-state index in [2.05, 4.69) is 5.32 Å². The van der Waals surface area contributed by atoms with E-state index in [-0.39, 0.29) is 28.0 Å². The highest BCUT2D eigenvalue weighted by Crippen LogP contribution is 2.47. The Kier molecular flexibility index (Phi) is 5.48. The fraction of sp³-hybridized carbons (Fsp3) is 0.190. The molecule has 0 aliphatic carbocycles. The number of sulfone groups is 1. The highest BCUT2D eigenvalue weighted by atomic mass is 35.5. The number of carbonyl (C=O) groups is 1. The van der Waals surface area contributed by atoms with Crippen LogP contribution in [0.5, 0.6) is 11.5 Å². The van der Waals surface area contributed by atoms with Crippen LogP contribution in [-0.2, 0) is 14.6 Å². The van der Waals surface area contributed by atoms with Gasteiger partial charge < -0.3 is 14.8 Å². The third-order valence-electron chi connectivity index (χ3n) is 4.98. The van der Waals surface area contributed by atoms with Gasteiger partial charge in [-0.05, 0) is 42.0 Å². The zero-order chi connectivity index (χ0) is 21.5. The molecule has 0 fully saturated rings. The largest absolute Gasteiger partial charge is 0.493 e. The molecule has 1 aromatic heterocycles. The molecule has 9 heteroatoms. The lowest BCUT2D eigenvalue weighted by molar-refractivity contribution is -0.116. The van der Waals surface area contributed by atoms with Crippen LogP contribution in [0.25, 0.3) is 0 Å². The Morgan fingerprint density at radius 3 is 2.43 bits per heavy atom. The van der Waals surface area contributed by atoms with Crippen molar-refractivity contribution >= 4 is 44.4 Å². The first kappa shape index (κ1) is 20.7. The van der Waals surface area contributed by atoms with Crippen molar-refractivity contribution < 1.29 is 22.7 Å². The van der Waals surface area contributed by atoms with Gasteiger partial charge in [0.1, 0.15) is 4.90 Å². The van der Waals surface area contributed by atoms with Crippen LogP contribution in [0.1, 0.15) is 22.8 Å². The SMILES string of the molecule is COc1ccc(C2CC(=O)Nc3c(S(=O)(=O)c4ccc(Cl)cc4)csc32)cc1OC. The number of ether oxygens (including phenoxy) is 2. The number of hydrogen-bond donors (Lipinski definition) is 1. The first-order valence-electron chi connectivity index (χ1n) is 8.99. The maximum atomic E-state index is 13.2. The van der Waals surface area contributed by atoms with Crippen LogP contribution < -0.4 is 14.8 Å². The number of amides is 1. The van der Waals surface area contributed by atoms with Crippen LogP contribution in [0.3, 0.4) is 0 Å². The second kappa shape index (κ2) is 7.94. The summed E-state index contributed by atoms with van der Waals surface area (Å²) in [5, 5.41) is 4.78. The Morgan fingerprint density at radius 1 is 1.07 bits per heavy atom. The molecule has 0 saturated carbocycles. The third-order valence-corrected chi connectivity index (χ3v) is 8.27. The molecule has 1 aliphatic rings. The number of hydrogen-bond acceptors (Lipinski definition) is 6. The van der Waals surface area contributed by atoms with Crippen molar-refractivity contribution in [2.75, 3.05) is 19.5 Å². The molecule has 1 unspecified atom stereocenters. The molecule has 0 radical (unpaired) electrons. The van der Waals surface area contributed by atoms with Crippen LogP contribution in [0.2, 0.25) is 5.02 Å². The van der Waals surface area contributed by atoms with Crippen molar-refractivity contribution in [3.05, 3.63) is 63.3 Å². The Morgan fingerprint density at radius 2 is 1.77 bits per heavy atom. The lowest BCUT2D eigenvalue weighted by Gasteiger charge is -2.24. The summed E-state index contributed by atoms with van der Waals surface area (Å²) in [5.74, 6) is 0.605. The van der Waals surface area contributed by atoms with Crippen molar-refractivity contribution in [2.24, 2.45) is 0 Å². The minimum Gasteiger partial charge on any atom is -0.493 e. The lowest BCUT2D eigenvalue weighted by Crippen LogP contribution is -2.23. The molecule has 0 bridgehead atoms. The second-order valence-electron chi connectivity index (χ2n) is 6.72. The van der Waals surface area contributed by atoms with Gasteiger partial charge in [-0.3, -0.25) is 4.79 Å². The third kappa shape index (κ3) is 3.55. The molecule has 2 heterocycles. The minimum atomic E-state index is -3.81. The van der Waals surface area contributed by atoms with Gasteiger partial charge in [0.2, 0.25) is 15.7 Å². The summed E-state index contributed by atoms with van der Waals surface area (Å²) < 4.78 is 37.0. The van der Waals surface area contributed by atoms with Gasteiger partial charge in [0.15, 0.2) is 11.5 Å². The van der Waals surface area contributed by atoms with Gasteiger partial charge in [0.05, 0.1) is 24.8 Å². The molecule has 30 heavy (non-hydrogen) atoms. The first-order chi connectivity index (χ1) is 14.3. The molecule has 1 aliphatic heterocycles. The molecular formula is C21H18ClNO5S2. The molecule has 3 aromatic rings. The van der Waals surface area contributed by atoms with Crippen LogP contribution in [-0.4, -0.2) is 28.5 Å². The molecule has 156 valence electrons. The quantitative estimate of drug-likeness (QED) is 0.591. The van der Waals surface area contributed by atoms with Gasteiger partial charge in [0.25, 0.3) is 0 Å². The number of benzene rings is 2. The first-order valence-corrected chi connectivity index (χ1v) is 11.7. The van der Waals surface area contributed by atoms with E-state index in [9.17, 15) is 13.2 Å². The smallest absolute Gasteiger partial charge is 0.225 e. The average Bonchev–Trinajstić information content (AvgIpc) is 3.17. The molecule has 2 aromatic carbocycles.